The van der Waals surface area contributed by atoms with Crippen LogP contribution in [0.1, 0.15) is 20.8 Å². The average molecular weight is 291 g/mol. The SMILES string of the molecule is CC1Oc2cc(N)ccc2N(CC(=O)N(C)C(C)C)C1=O. The summed E-state index contributed by atoms with van der Waals surface area (Å²) in [6, 6.07) is 5.14. The number of fused-ring (bicyclic) bond motifs is 1. The van der Waals surface area contributed by atoms with Gasteiger partial charge in [0.25, 0.3) is 5.91 Å². The molecule has 1 aromatic carbocycles. The highest BCUT2D eigenvalue weighted by Crippen LogP contribution is 2.35. The molecule has 114 valence electrons. The van der Waals surface area contributed by atoms with E-state index in [1.807, 2.05) is 13.8 Å². The van der Waals surface area contributed by atoms with Crippen LogP contribution in [0.4, 0.5) is 11.4 Å². The molecule has 6 heteroatoms. The molecule has 1 heterocycles. The normalized spacial score (nSPS) is 17.5. The largest absolute Gasteiger partial charge is 0.479 e. The molecule has 21 heavy (non-hydrogen) atoms. The zero-order chi connectivity index (χ0) is 15.7. The Morgan fingerprint density at radius 3 is 2.76 bits per heavy atom. The maximum absolute atomic E-state index is 12.3. The van der Waals surface area contributed by atoms with Crippen LogP contribution in [0.5, 0.6) is 5.75 Å². The molecule has 1 aromatic rings. The molecule has 1 aliphatic heterocycles. The lowest BCUT2D eigenvalue weighted by molar-refractivity contribution is -0.133. The lowest BCUT2D eigenvalue weighted by Gasteiger charge is -2.34. The van der Waals surface area contributed by atoms with E-state index in [1.54, 1.807) is 37.1 Å². The number of amides is 2. The number of carbonyl (C=O) groups is 2. The van der Waals surface area contributed by atoms with Crippen molar-refractivity contribution in [1.29, 1.82) is 0 Å². The molecule has 0 bridgehead atoms. The summed E-state index contributed by atoms with van der Waals surface area (Å²) >= 11 is 0. The third kappa shape index (κ3) is 2.94. The number of nitrogen functional groups attached to an aromatic ring is 1. The molecule has 1 atom stereocenters. The van der Waals surface area contributed by atoms with Gasteiger partial charge in [-0.2, -0.15) is 0 Å². The zero-order valence-electron chi connectivity index (χ0n) is 12.8. The summed E-state index contributed by atoms with van der Waals surface area (Å²) in [4.78, 5) is 27.6. The number of likely N-dealkylation sites (N-methyl/N-ethyl adjacent to an activating group) is 1. The molecule has 0 fully saturated rings. The van der Waals surface area contributed by atoms with Crippen molar-refractivity contribution < 1.29 is 14.3 Å². The molecule has 2 amide bonds. The molecule has 2 rings (SSSR count). The Morgan fingerprint density at radius 1 is 1.48 bits per heavy atom. The van der Waals surface area contributed by atoms with Crippen LogP contribution in [-0.2, 0) is 9.59 Å². The molecule has 0 radical (unpaired) electrons. The van der Waals surface area contributed by atoms with Gasteiger partial charge in [0.05, 0.1) is 5.69 Å². The standard InChI is InChI=1S/C15H21N3O3/c1-9(2)17(4)14(19)8-18-12-6-5-11(16)7-13(12)21-10(3)15(18)20/h5-7,9-10H,8,16H2,1-4H3. The minimum absolute atomic E-state index is 0.00185. The predicted molar refractivity (Wildman–Crippen MR) is 81.2 cm³/mol. The number of anilines is 2. The van der Waals surface area contributed by atoms with E-state index < -0.39 is 6.10 Å². The van der Waals surface area contributed by atoms with Crippen LogP contribution in [0.15, 0.2) is 18.2 Å². The van der Waals surface area contributed by atoms with Crippen LogP contribution in [0.3, 0.4) is 0 Å². The van der Waals surface area contributed by atoms with E-state index >= 15 is 0 Å². The fourth-order valence-corrected chi connectivity index (χ4v) is 2.13. The molecular formula is C15H21N3O3. The molecule has 0 spiro atoms. The van der Waals surface area contributed by atoms with Crippen molar-refractivity contribution in [3.63, 3.8) is 0 Å². The minimum atomic E-state index is -0.628. The van der Waals surface area contributed by atoms with E-state index in [-0.39, 0.29) is 24.4 Å². The number of hydrogen-bond acceptors (Lipinski definition) is 4. The smallest absolute Gasteiger partial charge is 0.268 e. The zero-order valence-corrected chi connectivity index (χ0v) is 12.8. The first-order chi connectivity index (χ1) is 9.81. The lowest BCUT2D eigenvalue weighted by Crippen LogP contribution is -2.49. The third-order valence-electron chi connectivity index (χ3n) is 3.65. The van der Waals surface area contributed by atoms with Gasteiger partial charge in [-0.1, -0.05) is 0 Å². The summed E-state index contributed by atoms with van der Waals surface area (Å²) in [6.45, 7) is 5.52. The number of benzene rings is 1. The van der Waals surface area contributed by atoms with Gasteiger partial charge in [-0.05, 0) is 32.9 Å². The summed E-state index contributed by atoms with van der Waals surface area (Å²) < 4.78 is 5.55. The molecule has 0 aromatic heterocycles. The second-order valence-electron chi connectivity index (χ2n) is 5.51. The van der Waals surface area contributed by atoms with Crippen LogP contribution in [0.25, 0.3) is 0 Å². The summed E-state index contributed by atoms with van der Waals surface area (Å²) in [7, 11) is 1.73. The maximum atomic E-state index is 12.3. The molecule has 1 aliphatic rings. The Hall–Kier alpha value is -2.24. The number of nitrogens with two attached hydrogens (primary N) is 1. The van der Waals surface area contributed by atoms with E-state index in [0.717, 1.165) is 0 Å². The third-order valence-corrected chi connectivity index (χ3v) is 3.65. The average Bonchev–Trinajstić information content (AvgIpc) is 2.42. The first-order valence-electron chi connectivity index (χ1n) is 6.94. The quantitative estimate of drug-likeness (QED) is 0.850. The highest BCUT2D eigenvalue weighted by Gasteiger charge is 2.33. The first-order valence-corrected chi connectivity index (χ1v) is 6.94. The summed E-state index contributed by atoms with van der Waals surface area (Å²) in [5.41, 5.74) is 6.88. The number of ether oxygens (including phenoxy) is 1. The molecule has 0 saturated carbocycles. The first kappa shape index (κ1) is 15.2. The molecule has 6 nitrogen and oxygen atoms in total. The highest BCUT2D eigenvalue weighted by molar-refractivity contribution is 6.03. The maximum Gasteiger partial charge on any atom is 0.268 e. The number of nitrogens with zero attached hydrogens (tertiary/aromatic N) is 2. The lowest BCUT2D eigenvalue weighted by atomic mass is 10.1. The van der Waals surface area contributed by atoms with Crippen molar-refractivity contribution in [2.45, 2.75) is 32.9 Å². The van der Waals surface area contributed by atoms with Gasteiger partial charge in [0, 0.05) is 24.8 Å². The van der Waals surface area contributed by atoms with Gasteiger partial charge in [0.2, 0.25) is 5.91 Å². The van der Waals surface area contributed by atoms with Crippen LogP contribution in [0.2, 0.25) is 0 Å². The fourth-order valence-electron chi connectivity index (χ4n) is 2.13. The highest BCUT2D eigenvalue weighted by atomic mass is 16.5. The molecule has 0 aliphatic carbocycles. The van der Waals surface area contributed by atoms with Crippen molar-refractivity contribution >= 4 is 23.2 Å². The van der Waals surface area contributed by atoms with Crippen LogP contribution >= 0.6 is 0 Å². The second-order valence-corrected chi connectivity index (χ2v) is 5.51. The van der Waals surface area contributed by atoms with Crippen molar-refractivity contribution in [3.05, 3.63) is 18.2 Å². The van der Waals surface area contributed by atoms with Crippen molar-refractivity contribution in [3.8, 4) is 5.75 Å². The summed E-state index contributed by atoms with van der Waals surface area (Å²) in [5.74, 6) is 0.190. The molecule has 1 unspecified atom stereocenters. The minimum Gasteiger partial charge on any atom is -0.479 e. The van der Waals surface area contributed by atoms with E-state index in [2.05, 4.69) is 0 Å². The van der Waals surface area contributed by atoms with Gasteiger partial charge in [-0.25, -0.2) is 0 Å². The number of hydrogen-bond donors (Lipinski definition) is 1. The van der Waals surface area contributed by atoms with Crippen LogP contribution in [0, 0.1) is 0 Å². The van der Waals surface area contributed by atoms with E-state index in [4.69, 9.17) is 10.5 Å². The summed E-state index contributed by atoms with van der Waals surface area (Å²) in [5, 5.41) is 0. The van der Waals surface area contributed by atoms with Crippen LogP contribution in [-0.4, -0.2) is 42.5 Å². The second kappa shape index (κ2) is 5.63. The fraction of sp³-hybridized carbons (Fsp3) is 0.467. The van der Waals surface area contributed by atoms with Gasteiger partial charge in [0.15, 0.2) is 6.10 Å². The van der Waals surface area contributed by atoms with Crippen molar-refractivity contribution in [1.82, 2.24) is 4.90 Å². The van der Waals surface area contributed by atoms with Gasteiger partial charge >= 0.3 is 0 Å². The summed E-state index contributed by atoms with van der Waals surface area (Å²) in [6.07, 6.45) is -0.628. The van der Waals surface area contributed by atoms with Gasteiger partial charge in [-0.3, -0.25) is 14.5 Å². The number of carbonyl (C=O) groups excluding carboxylic acids is 2. The van der Waals surface area contributed by atoms with Gasteiger partial charge in [0.1, 0.15) is 12.3 Å². The Kier molecular flexibility index (Phi) is 4.06. The molecular weight excluding hydrogens is 270 g/mol. The van der Waals surface area contributed by atoms with Crippen LogP contribution < -0.4 is 15.4 Å². The Labute approximate surface area is 124 Å². The van der Waals surface area contributed by atoms with Gasteiger partial charge in [-0.15, -0.1) is 0 Å². The predicted octanol–water partition coefficient (Wildman–Crippen LogP) is 1.25. The topological polar surface area (TPSA) is 75.9 Å². The monoisotopic (exact) mass is 291 g/mol. The van der Waals surface area contributed by atoms with E-state index in [9.17, 15) is 9.59 Å². The molecule has 0 saturated heterocycles. The van der Waals surface area contributed by atoms with Crippen molar-refractivity contribution in [2.75, 3.05) is 24.2 Å². The number of rotatable bonds is 3. The van der Waals surface area contributed by atoms with Gasteiger partial charge < -0.3 is 15.4 Å². The van der Waals surface area contributed by atoms with Crippen molar-refractivity contribution in [2.24, 2.45) is 0 Å². The Morgan fingerprint density at radius 2 is 2.14 bits per heavy atom. The van der Waals surface area contributed by atoms with E-state index in [1.165, 1.54) is 4.90 Å². The molecule has 2 N–H and O–H groups in total. The Bertz CT molecular complexity index is 571. The van der Waals surface area contributed by atoms with E-state index in [0.29, 0.717) is 17.1 Å². The Balaban J connectivity index is 2.30.